The molecule has 2 heterocycles. The fourth-order valence-electron chi connectivity index (χ4n) is 4.19. The largest absolute Gasteiger partial charge is 0.497 e. The van der Waals surface area contributed by atoms with Crippen molar-refractivity contribution in [3.63, 3.8) is 0 Å². The van der Waals surface area contributed by atoms with Crippen molar-refractivity contribution >= 4 is 5.91 Å². The first kappa shape index (κ1) is 20.7. The van der Waals surface area contributed by atoms with Gasteiger partial charge in [-0.25, -0.2) is 0 Å². The third-order valence-electron chi connectivity index (χ3n) is 5.81. The second kappa shape index (κ2) is 8.65. The molecule has 1 aromatic heterocycles. The Morgan fingerprint density at radius 3 is 2.77 bits per heavy atom. The maximum atomic E-state index is 12.8. The van der Waals surface area contributed by atoms with E-state index in [4.69, 9.17) is 18.9 Å². The van der Waals surface area contributed by atoms with Gasteiger partial charge >= 0.3 is 0 Å². The highest BCUT2D eigenvalue weighted by Crippen LogP contribution is 2.37. The summed E-state index contributed by atoms with van der Waals surface area (Å²) in [5, 5.41) is 7.46. The molecule has 1 atom stereocenters. The Morgan fingerprint density at radius 2 is 2.03 bits per heavy atom. The van der Waals surface area contributed by atoms with Gasteiger partial charge in [-0.2, -0.15) is 5.10 Å². The topological polar surface area (TPSA) is 83.8 Å². The molecule has 1 saturated heterocycles. The molecule has 162 valence electrons. The van der Waals surface area contributed by atoms with Crippen LogP contribution >= 0.6 is 0 Å². The van der Waals surface area contributed by atoms with Crippen LogP contribution in [0.5, 0.6) is 11.5 Å². The Balaban J connectivity index is 1.43. The number of methoxy groups -OCH3 is 2. The minimum atomic E-state index is -0.434. The van der Waals surface area contributed by atoms with E-state index in [2.05, 4.69) is 10.4 Å². The van der Waals surface area contributed by atoms with Crippen LogP contribution in [0.4, 0.5) is 0 Å². The van der Waals surface area contributed by atoms with E-state index in [1.807, 2.05) is 18.2 Å². The van der Waals surface area contributed by atoms with Crippen molar-refractivity contribution in [2.75, 3.05) is 27.4 Å². The summed E-state index contributed by atoms with van der Waals surface area (Å²) in [5.74, 6) is 0.718. The van der Waals surface area contributed by atoms with E-state index in [0.29, 0.717) is 36.0 Å². The average Bonchev–Trinajstić information content (AvgIpc) is 3.35. The lowest BCUT2D eigenvalue weighted by Gasteiger charge is -2.31. The number of hydrogen-bond donors (Lipinski definition) is 1. The average molecular weight is 415 g/mol. The highest BCUT2D eigenvalue weighted by Gasteiger charge is 2.42. The van der Waals surface area contributed by atoms with Crippen molar-refractivity contribution in [1.82, 2.24) is 15.1 Å². The predicted molar refractivity (Wildman–Crippen MR) is 111 cm³/mol. The van der Waals surface area contributed by atoms with E-state index >= 15 is 0 Å². The summed E-state index contributed by atoms with van der Waals surface area (Å²) in [4.78, 5) is 12.8. The molecular weight excluding hydrogens is 386 g/mol. The number of carbonyl (C=O) groups excluding carboxylic acids is 1. The number of ether oxygens (including phenoxy) is 4. The first-order chi connectivity index (χ1) is 14.5. The van der Waals surface area contributed by atoms with E-state index in [-0.39, 0.29) is 12.0 Å². The Morgan fingerprint density at radius 1 is 1.23 bits per heavy atom. The lowest BCUT2D eigenvalue weighted by molar-refractivity contribution is -0.186. The molecule has 1 spiro atoms. The third kappa shape index (κ3) is 4.15. The summed E-state index contributed by atoms with van der Waals surface area (Å²) in [7, 11) is 4.96. The third-order valence-corrected chi connectivity index (χ3v) is 5.81. The van der Waals surface area contributed by atoms with Crippen LogP contribution < -0.4 is 14.8 Å². The maximum Gasteiger partial charge on any atom is 0.269 e. The Labute approximate surface area is 176 Å². The summed E-state index contributed by atoms with van der Waals surface area (Å²) in [6.07, 6.45) is 5.24. The second-order valence-corrected chi connectivity index (χ2v) is 7.84. The number of hydrogen-bond acceptors (Lipinski definition) is 6. The molecule has 1 unspecified atom stereocenters. The minimum Gasteiger partial charge on any atom is -0.497 e. The number of rotatable bonds is 6. The van der Waals surface area contributed by atoms with E-state index in [0.717, 1.165) is 31.2 Å². The van der Waals surface area contributed by atoms with Gasteiger partial charge in [-0.05, 0) is 37.1 Å². The molecule has 2 fully saturated rings. The molecule has 30 heavy (non-hydrogen) atoms. The zero-order valence-corrected chi connectivity index (χ0v) is 17.8. The molecule has 1 aliphatic carbocycles. The summed E-state index contributed by atoms with van der Waals surface area (Å²) >= 11 is 0. The van der Waals surface area contributed by atoms with Crippen molar-refractivity contribution in [2.24, 2.45) is 7.05 Å². The molecule has 0 bridgehead atoms. The number of aryl methyl sites for hydroxylation is 1. The molecule has 4 rings (SSSR count). The number of amides is 1. The van der Waals surface area contributed by atoms with Gasteiger partial charge < -0.3 is 24.3 Å². The first-order valence-corrected chi connectivity index (χ1v) is 10.4. The highest BCUT2D eigenvalue weighted by atomic mass is 16.7. The lowest BCUT2D eigenvalue weighted by Crippen LogP contribution is -2.37. The Kier molecular flexibility index (Phi) is 5.97. The summed E-state index contributed by atoms with van der Waals surface area (Å²) in [6, 6.07) is 7.24. The molecule has 1 N–H and O–H groups in total. The zero-order valence-electron chi connectivity index (χ0n) is 17.8. The van der Waals surface area contributed by atoms with Crippen LogP contribution in [0.2, 0.25) is 0 Å². The Bertz CT molecular complexity index is 904. The molecule has 1 amide bonds. The second-order valence-electron chi connectivity index (χ2n) is 7.84. The van der Waals surface area contributed by atoms with Gasteiger partial charge in [-0.1, -0.05) is 6.42 Å². The molecular formula is C22H29N3O5. The van der Waals surface area contributed by atoms with Gasteiger partial charge in [0.05, 0.1) is 26.5 Å². The van der Waals surface area contributed by atoms with Gasteiger partial charge in [0.2, 0.25) is 0 Å². The number of aromatic nitrogens is 2. The molecule has 0 radical (unpaired) electrons. The van der Waals surface area contributed by atoms with Crippen LogP contribution in [0.1, 0.15) is 42.6 Å². The van der Waals surface area contributed by atoms with Gasteiger partial charge in [0, 0.05) is 32.0 Å². The fraction of sp³-hybridized carbons (Fsp3) is 0.545. The first-order valence-electron chi connectivity index (χ1n) is 10.4. The molecule has 1 saturated carbocycles. The van der Waals surface area contributed by atoms with Gasteiger partial charge in [0.1, 0.15) is 23.3 Å². The van der Waals surface area contributed by atoms with Crippen molar-refractivity contribution in [3.05, 3.63) is 30.0 Å². The quantitative estimate of drug-likeness (QED) is 0.781. The lowest BCUT2D eigenvalue weighted by atomic mass is 9.94. The van der Waals surface area contributed by atoms with Gasteiger partial charge in [-0.3, -0.25) is 9.48 Å². The highest BCUT2D eigenvalue weighted by molar-refractivity contribution is 5.94. The standard InChI is InChI=1S/C22H29N3O5/c1-25-19(12-18(24-25)17-11-15(27-2)7-8-20(17)28-3)21(26)23-13-16-14-29-22(30-16)9-5-4-6-10-22/h7-8,11-12,16H,4-6,9-10,13-14H2,1-3H3,(H,23,26). The molecule has 2 aliphatic rings. The number of carbonyl (C=O) groups is 1. The smallest absolute Gasteiger partial charge is 0.269 e. The number of nitrogens with one attached hydrogen (secondary N) is 1. The van der Waals surface area contributed by atoms with Crippen LogP contribution in [-0.4, -0.2) is 54.9 Å². The number of benzene rings is 1. The SMILES string of the molecule is COc1ccc(OC)c(-c2cc(C(=O)NCC3COC4(CCCCC4)O3)n(C)n2)c1. The monoisotopic (exact) mass is 415 g/mol. The van der Waals surface area contributed by atoms with Crippen molar-refractivity contribution in [2.45, 2.75) is 44.0 Å². The molecule has 1 aromatic carbocycles. The molecule has 8 nitrogen and oxygen atoms in total. The van der Waals surface area contributed by atoms with Gasteiger partial charge in [-0.15, -0.1) is 0 Å². The molecule has 2 aromatic rings. The van der Waals surface area contributed by atoms with Crippen LogP contribution in [0.3, 0.4) is 0 Å². The fourth-order valence-corrected chi connectivity index (χ4v) is 4.19. The van der Waals surface area contributed by atoms with E-state index in [1.54, 1.807) is 32.0 Å². The van der Waals surface area contributed by atoms with Gasteiger partial charge in [0.25, 0.3) is 5.91 Å². The van der Waals surface area contributed by atoms with E-state index in [1.165, 1.54) is 6.42 Å². The zero-order chi connectivity index (χ0) is 21.1. The normalized spacial score (nSPS) is 20.3. The van der Waals surface area contributed by atoms with Crippen molar-refractivity contribution in [1.29, 1.82) is 0 Å². The van der Waals surface area contributed by atoms with Crippen molar-refractivity contribution < 1.29 is 23.7 Å². The summed E-state index contributed by atoms with van der Waals surface area (Å²) in [6.45, 7) is 0.918. The van der Waals surface area contributed by atoms with Crippen LogP contribution in [0, 0.1) is 0 Å². The van der Waals surface area contributed by atoms with E-state index < -0.39 is 5.79 Å². The minimum absolute atomic E-state index is 0.127. The van der Waals surface area contributed by atoms with Crippen LogP contribution in [0.15, 0.2) is 24.3 Å². The maximum absolute atomic E-state index is 12.8. The summed E-state index contributed by atoms with van der Waals surface area (Å²) in [5.41, 5.74) is 1.86. The number of nitrogens with zero attached hydrogens (tertiary/aromatic N) is 2. The van der Waals surface area contributed by atoms with Gasteiger partial charge in [0.15, 0.2) is 5.79 Å². The predicted octanol–water partition coefficient (Wildman–Crippen LogP) is 2.91. The van der Waals surface area contributed by atoms with E-state index in [9.17, 15) is 4.79 Å². The Hall–Kier alpha value is -2.58. The summed E-state index contributed by atoms with van der Waals surface area (Å²) < 4.78 is 24.4. The van der Waals surface area contributed by atoms with Crippen LogP contribution in [0.25, 0.3) is 11.3 Å². The molecule has 1 aliphatic heterocycles. The van der Waals surface area contributed by atoms with Crippen LogP contribution in [-0.2, 0) is 16.5 Å². The van der Waals surface area contributed by atoms with Crippen molar-refractivity contribution in [3.8, 4) is 22.8 Å². The molecule has 8 heteroatoms.